The molecule has 146 valence electrons. The SMILES string of the molecule is CN(C)Cc1nc(C(N)=O)nn1-c1ccc(Cl)cc1C(=O)c1ccccc1.Cl. The molecule has 1 heterocycles. The van der Waals surface area contributed by atoms with Crippen LogP contribution in [-0.2, 0) is 6.54 Å². The number of primary amides is 1. The van der Waals surface area contributed by atoms with Crippen molar-refractivity contribution in [1.29, 1.82) is 0 Å². The van der Waals surface area contributed by atoms with Gasteiger partial charge in [-0.2, -0.15) is 0 Å². The van der Waals surface area contributed by atoms with Crippen LogP contribution in [0.25, 0.3) is 5.69 Å². The summed E-state index contributed by atoms with van der Waals surface area (Å²) in [4.78, 5) is 30.7. The highest BCUT2D eigenvalue weighted by atomic mass is 35.5. The van der Waals surface area contributed by atoms with Crippen molar-refractivity contribution < 1.29 is 9.59 Å². The lowest BCUT2D eigenvalue weighted by Crippen LogP contribution is -2.17. The highest BCUT2D eigenvalue weighted by Crippen LogP contribution is 2.24. The molecule has 28 heavy (non-hydrogen) atoms. The van der Waals surface area contributed by atoms with Crippen molar-refractivity contribution in [3.63, 3.8) is 0 Å². The molecule has 0 saturated carbocycles. The van der Waals surface area contributed by atoms with Gasteiger partial charge in [-0.1, -0.05) is 41.9 Å². The fourth-order valence-corrected chi connectivity index (χ4v) is 2.82. The third kappa shape index (κ3) is 4.56. The third-order valence-corrected chi connectivity index (χ3v) is 4.05. The molecule has 9 heteroatoms. The van der Waals surface area contributed by atoms with E-state index in [1.807, 2.05) is 25.1 Å². The van der Waals surface area contributed by atoms with E-state index < -0.39 is 5.91 Å². The van der Waals surface area contributed by atoms with E-state index in [9.17, 15) is 9.59 Å². The van der Waals surface area contributed by atoms with E-state index in [0.29, 0.717) is 34.2 Å². The number of amides is 1. The summed E-state index contributed by atoms with van der Waals surface area (Å²) in [5, 5.41) is 4.63. The maximum atomic E-state index is 13.0. The first kappa shape index (κ1) is 21.6. The minimum atomic E-state index is -0.737. The highest BCUT2D eigenvalue weighted by molar-refractivity contribution is 6.31. The van der Waals surface area contributed by atoms with Gasteiger partial charge in [-0.3, -0.25) is 9.59 Å². The number of carbonyl (C=O) groups is 2. The number of nitrogens with two attached hydrogens (primary N) is 1. The zero-order chi connectivity index (χ0) is 19.6. The molecule has 0 aliphatic heterocycles. The molecule has 1 amide bonds. The smallest absolute Gasteiger partial charge is 0.288 e. The average molecular weight is 420 g/mol. The first-order valence-electron chi connectivity index (χ1n) is 8.17. The summed E-state index contributed by atoms with van der Waals surface area (Å²) in [6.07, 6.45) is 0. The number of carbonyl (C=O) groups excluding carboxylic acids is 2. The topological polar surface area (TPSA) is 94.1 Å². The van der Waals surface area contributed by atoms with Crippen molar-refractivity contribution in [2.24, 2.45) is 5.73 Å². The zero-order valence-corrected chi connectivity index (χ0v) is 16.9. The molecular weight excluding hydrogens is 401 g/mol. The van der Waals surface area contributed by atoms with Crippen molar-refractivity contribution in [2.45, 2.75) is 6.54 Å². The fourth-order valence-electron chi connectivity index (χ4n) is 2.65. The molecule has 2 aromatic carbocycles. The number of aromatic nitrogens is 3. The lowest BCUT2D eigenvalue weighted by Gasteiger charge is -2.14. The van der Waals surface area contributed by atoms with Crippen LogP contribution in [0, 0.1) is 0 Å². The van der Waals surface area contributed by atoms with Crippen molar-refractivity contribution in [3.8, 4) is 5.69 Å². The molecule has 3 rings (SSSR count). The Labute approximate surface area is 173 Å². The Balaban J connectivity index is 0.00000280. The van der Waals surface area contributed by atoms with Gasteiger partial charge in [0.25, 0.3) is 5.91 Å². The second-order valence-corrected chi connectivity index (χ2v) is 6.66. The summed E-state index contributed by atoms with van der Waals surface area (Å²) < 4.78 is 1.46. The Hall–Kier alpha value is -2.74. The van der Waals surface area contributed by atoms with Crippen LogP contribution in [0.1, 0.15) is 32.4 Å². The molecule has 0 spiro atoms. The molecule has 0 radical (unpaired) electrons. The van der Waals surface area contributed by atoms with Crippen molar-refractivity contribution in [2.75, 3.05) is 14.1 Å². The van der Waals surface area contributed by atoms with E-state index in [1.165, 1.54) is 4.68 Å². The molecule has 0 bridgehead atoms. The van der Waals surface area contributed by atoms with Gasteiger partial charge in [0.1, 0.15) is 5.82 Å². The van der Waals surface area contributed by atoms with Crippen molar-refractivity contribution >= 4 is 35.7 Å². The van der Waals surface area contributed by atoms with Crippen molar-refractivity contribution in [1.82, 2.24) is 19.7 Å². The first-order valence-corrected chi connectivity index (χ1v) is 8.54. The quantitative estimate of drug-likeness (QED) is 0.619. The number of hydrogen-bond donors (Lipinski definition) is 1. The summed E-state index contributed by atoms with van der Waals surface area (Å²) in [5.41, 5.74) is 6.69. The van der Waals surface area contributed by atoms with Crippen LogP contribution in [0.3, 0.4) is 0 Å². The fraction of sp³-hybridized carbons (Fsp3) is 0.158. The molecular formula is C19H19Cl2N5O2. The predicted octanol–water partition coefficient (Wildman–Crippen LogP) is 2.73. The summed E-state index contributed by atoms with van der Waals surface area (Å²) in [6.45, 7) is 0.405. The minimum Gasteiger partial charge on any atom is -0.363 e. The Bertz CT molecular complexity index is 1000. The van der Waals surface area contributed by atoms with Gasteiger partial charge in [0, 0.05) is 16.1 Å². The largest absolute Gasteiger partial charge is 0.363 e. The Morgan fingerprint density at radius 2 is 1.82 bits per heavy atom. The minimum absolute atomic E-state index is 0. The molecule has 2 N–H and O–H groups in total. The van der Waals surface area contributed by atoms with Crippen molar-refractivity contribution in [3.05, 3.63) is 76.3 Å². The highest BCUT2D eigenvalue weighted by Gasteiger charge is 2.21. The number of benzene rings is 2. The molecule has 0 fully saturated rings. The number of hydrogen-bond acceptors (Lipinski definition) is 5. The van der Waals surface area contributed by atoms with Gasteiger partial charge in [-0.25, -0.2) is 9.67 Å². The van der Waals surface area contributed by atoms with Gasteiger partial charge in [0.05, 0.1) is 12.2 Å². The monoisotopic (exact) mass is 419 g/mol. The number of ketones is 1. The van der Waals surface area contributed by atoms with E-state index in [2.05, 4.69) is 10.1 Å². The van der Waals surface area contributed by atoms with E-state index in [-0.39, 0.29) is 24.0 Å². The molecule has 0 unspecified atom stereocenters. The van der Waals surface area contributed by atoms with Crippen LogP contribution in [0.15, 0.2) is 48.5 Å². The molecule has 0 aliphatic rings. The van der Waals surface area contributed by atoms with Gasteiger partial charge in [-0.15, -0.1) is 17.5 Å². The van der Waals surface area contributed by atoms with Crippen LogP contribution in [0.5, 0.6) is 0 Å². The maximum absolute atomic E-state index is 13.0. The standard InChI is InChI=1S/C19H18ClN5O2.ClH/c1-24(2)11-16-22-19(18(21)27)23-25(16)15-9-8-13(20)10-14(15)17(26)12-6-4-3-5-7-12;/h3-10H,11H2,1-2H3,(H2,21,27);1H. The van der Waals surface area contributed by atoms with Crippen LogP contribution < -0.4 is 5.73 Å². The van der Waals surface area contributed by atoms with Gasteiger partial charge in [0.2, 0.25) is 5.82 Å². The molecule has 0 aliphatic carbocycles. The molecule has 7 nitrogen and oxygen atoms in total. The summed E-state index contributed by atoms with van der Waals surface area (Å²) >= 11 is 6.14. The van der Waals surface area contributed by atoms with E-state index in [0.717, 1.165) is 0 Å². The maximum Gasteiger partial charge on any atom is 0.288 e. The second kappa shape index (κ2) is 8.97. The third-order valence-electron chi connectivity index (χ3n) is 3.82. The second-order valence-electron chi connectivity index (χ2n) is 6.22. The lowest BCUT2D eigenvalue weighted by atomic mass is 10.0. The van der Waals surface area contributed by atoms with Gasteiger partial charge in [0.15, 0.2) is 5.78 Å². The number of rotatable bonds is 6. The molecule has 3 aromatic rings. The first-order chi connectivity index (χ1) is 12.9. The summed E-state index contributed by atoms with van der Waals surface area (Å²) in [6, 6.07) is 13.8. The zero-order valence-electron chi connectivity index (χ0n) is 15.3. The van der Waals surface area contributed by atoms with Crippen LogP contribution in [-0.4, -0.2) is 45.5 Å². The Morgan fingerprint density at radius 3 is 2.43 bits per heavy atom. The lowest BCUT2D eigenvalue weighted by molar-refractivity contribution is 0.0989. The molecule has 1 aromatic heterocycles. The van der Waals surface area contributed by atoms with E-state index in [4.69, 9.17) is 17.3 Å². The van der Waals surface area contributed by atoms with Gasteiger partial charge >= 0.3 is 0 Å². The summed E-state index contributed by atoms with van der Waals surface area (Å²) in [5.74, 6) is -0.572. The molecule has 0 atom stereocenters. The average Bonchev–Trinajstić information content (AvgIpc) is 3.05. The number of halogens is 2. The number of nitrogens with zero attached hydrogens (tertiary/aromatic N) is 4. The summed E-state index contributed by atoms with van der Waals surface area (Å²) in [7, 11) is 3.72. The van der Waals surface area contributed by atoms with E-state index >= 15 is 0 Å². The van der Waals surface area contributed by atoms with Gasteiger partial charge in [-0.05, 0) is 32.3 Å². The van der Waals surface area contributed by atoms with Crippen LogP contribution in [0.2, 0.25) is 5.02 Å². The molecule has 0 saturated heterocycles. The predicted molar refractivity (Wildman–Crippen MR) is 109 cm³/mol. The van der Waals surface area contributed by atoms with Gasteiger partial charge < -0.3 is 10.6 Å². The van der Waals surface area contributed by atoms with Crippen LogP contribution in [0.4, 0.5) is 0 Å². The van der Waals surface area contributed by atoms with E-state index in [1.54, 1.807) is 42.5 Å². The Kier molecular flexibility index (Phi) is 6.90. The Morgan fingerprint density at radius 1 is 1.14 bits per heavy atom. The normalized spacial score (nSPS) is 10.6. The van der Waals surface area contributed by atoms with Crippen LogP contribution >= 0.6 is 24.0 Å².